The Morgan fingerprint density at radius 2 is 1.47 bits per heavy atom. The van der Waals surface area contributed by atoms with Crippen LogP contribution in [0.5, 0.6) is 0 Å². The second kappa shape index (κ2) is 8.56. The van der Waals surface area contributed by atoms with Crippen molar-refractivity contribution in [2.24, 2.45) is 5.73 Å². The zero-order valence-electron chi connectivity index (χ0n) is 17.0. The average molecular weight is 419 g/mol. The van der Waals surface area contributed by atoms with Gasteiger partial charge in [0.25, 0.3) is 0 Å². The molecule has 30 heavy (non-hydrogen) atoms. The third kappa shape index (κ3) is 4.24. The monoisotopic (exact) mass is 418 g/mol. The van der Waals surface area contributed by atoms with Gasteiger partial charge in [-0.2, -0.15) is 0 Å². The molecule has 0 saturated carbocycles. The lowest BCUT2D eigenvalue weighted by Gasteiger charge is -2.42. The van der Waals surface area contributed by atoms with E-state index in [1.54, 1.807) is 0 Å². The molecule has 3 aromatic carbocycles. The summed E-state index contributed by atoms with van der Waals surface area (Å²) in [6, 6.07) is 28.3. The lowest BCUT2D eigenvalue weighted by Crippen LogP contribution is -2.44. The van der Waals surface area contributed by atoms with Gasteiger partial charge in [-0.3, -0.25) is 4.90 Å². The van der Waals surface area contributed by atoms with Crippen LogP contribution in [0.1, 0.15) is 28.3 Å². The molecule has 0 radical (unpaired) electrons. The van der Waals surface area contributed by atoms with Crippen molar-refractivity contribution in [1.82, 2.24) is 4.90 Å². The van der Waals surface area contributed by atoms with Gasteiger partial charge < -0.3 is 5.73 Å². The Labute approximate surface area is 178 Å². The fourth-order valence-corrected chi connectivity index (χ4v) is 5.38. The summed E-state index contributed by atoms with van der Waals surface area (Å²) in [6.45, 7) is 1.61. The van der Waals surface area contributed by atoms with Crippen LogP contribution in [-0.2, 0) is 16.4 Å². The van der Waals surface area contributed by atoms with Gasteiger partial charge in [-0.25, -0.2) is 8.42 Å². The standard InChI is InChI=1S/C25H26N2O2S/c1-30(28,29)25(22-14-8-9-19(15-22)16-26)23-17-27(18-23)24(20-10-4-2-5-11-20)21-12-6-3-7-13-21/h2-15,24H,16-18,26H2,1H3. The molecule has 1 fully saturated rings. The van der Waals surface area contributed by atoms with E-state index in [1.807, 2.05) is 60.7 Å². The number of sulfone groups is 1. The van der Waals surface area contributed by atoms with Crippen molar-refractivity contribution >= 4 is 14.7 Å². The molecule has 0 bridgehead atoms. The quantitative estimate of drug-likeness (QED) is 0.657. The van der Waals surface area contributed by atoms with Gasteiger partial charge in [0.1, 0.15) is 0 Å². The van der Waals surface area contributed by atoms with Crippen molar-refractivity contribution in [1.29, 1.82) is 0 Å². The lowest BCUT2D eigenvalue weighted by atomic mass is 9.92. The third-order valence-corrected chi connectivity index (χ3v) is 6.77. The van der Waals surface area contributed by atoms with Crippen LogP contribution in [0.15, 0.2) is 90.5 Å². The first kappa shape index (κ1) is 20.5. The minimum Gasteiger partial charge on any atom is -0.326 e. The molecule has 1 saturated heterocycles. The van der Waals surface area contributed by atoms with Gasteiger partial charge in [0.2, 0.25) is 0 Å². The molecule has 1 aliphatic rings. The molecule has 0 unspecified atom stereocenters. The summed E-state index contributed by atoms with van der Waals surface area (Å²) >= 11 is 0. The zero-order chi connectivity index (χ0) is 21.1. The van der Waals surface area contributed by atoms with Gasteiger partial charge >= 0.3 is 0 Å². The Balaban J connectivity index is 1.71. The van der Waals surface area contributed by atoms with Crippen LogP contribution in [0.25, 0.3) is 4.91 Å². The number of benzene rings is 3. The minimum atomic E-state index is -3.37. The van der Waals surface area contributed by atoms with Crippen LogP contribution < -0.4 is 5.73 Å². The summed E-state index contributed by atoms with van der Waals surface area (Å²) in [6.07, 6.45) is 1.29. The van der Waals surface area contributed by atoms with E-state index in [2.05, 4.69) is 29.2 Å². The molecule has 0 atom stereocenters. The Morgan fingerprint density at radius 3 is 1.97 bits per heavy atom. The van der Waals surface area contributed by atoms with Crippen LogP contribution in [0, 0.1) is 0 Å². The summed E-state index contributed by atoms with van der Waals surface area (Å²) in [5, 5.41) is 0. The first-order chi connectivity index (χ1) is 14.5. The van der Waals surface area contributed by atoms with E-state index < -0.39 is 9.84 Å². The Hall–Kier alpha value is -2.73. The van der Waals surface area contributed by atoms with Crippen molar-refractivity contribution in [3.8, 4) is 0 Å². The molecular weight excluding hydrogens is 392 g/mol. The highest BCUT2D eigenvalue weighted by Gasteiger charge is 2.34. The fourth-order valence-electron chi connectivity index (χ4n) is 4.17. The van der Waals surface area contributed by atoms with E-state index in [9.17, 15) is 8.42 Å². The van der Waals surface area contributed by atoms with Gasteiger partial charge in [0.05, 0.1) is 10.9 Å². The van der Waals surface area contributed by atoms with E-state index in [0.717, 1.165) is 16.7 Å². The molecule has 0 aromatic heterocycles. The predicted octanol–water partition coefficient (Wildman–Crippen LogP) is 4.01. The lowest BCUT2D eigenvalue weighted by molar-refractivity contribution is 0.203. The number of hydrogen-bond donors (Lipinski definition) is 1. The second-order valence-corrected chi connectivity index (χ2v) is 9.69. The molecule has 1 aliphatic heterocycles. The molecule has 0 aliphatic carbocycles. The summed E-state index contributed by atoms with van der Waals surface area (Å²) in [5.41, 5.74) is 10.8. The van der Waals surface area contributed by atoms with Crippen LogP contribution >= 0.6 is 0 Å². The van der Waals surface area contributed by atoms with Crippen molar-refractivity contribution in [2.45, 2.75) is 12.6 Å². The minimum absolute atomic E-state index is 0.0901. The van der Waals surface area contributed by atoms with Crippen molar-refractivity contribution in [3.63, 3.8) is 0 Å². The summed E-state index contributed by atoms with van der Waals surface area (Å²) in [5.74, 6) is 0. The van der Waals surface area contributed by atoms with E-state index in [1.165, 1.54) is 17.4 Å². The third-order valence-electron chi connectivity index (χ3n) is 5.50. The number of hydrogen-bond acceptors (Lipinski definition) is 4. The molecule has 4 nitrogen and oxygen atoms in total. The molecule has 154 valence electrons. The molecule has 2 N–H and O–H groups in total. The molecule has 0 amide bonds. The maximum Gasteiger partial charge on any atom is 0.176 e. The highest BCUT2D eigenvalue weighted by Crippen LogP contribution is 2.38. The molecule has 0 spiro atoms. The Bertz CT molecular complexity index is 1110. The van der Waals surface area contributed by atoms with Gasteiger partial charge in [-0.05, 0) is 33.9 Å². The highest BCUT2D eigenvalue weighted by atomic mass is 32.2. The Kier molecular flexibility index (Phi) is 5.86. The van der Waals surface area contributed by atoms with Gasteiger partial charge in [0.15, 0.2) is 9.84 Å². The maximum absolute atomic E-state index is 12.7. The summed E-state index contributed by atoms with van der Waals surface area (Å²) < 4.78 is 25.3. The largest absolute Gasteiger partial charge is 0.326 e. The van der Waals surface area contributed by atoms with Gasteiger partial charge in [0, 0.05) is 25.9 Å². The van der Waals surface area contributed by atoms with Crippen LogP contribution in [0.2, 0.25) is 0 Å². The number of likely N-dealkylation sites (tertiary alicyclic amines) is 1. The molecule has 3 aromatic rings. The average Bonchev–Trinajstić information content (AvgIpc) is 2.73. The highest BCUT2D eigenvalue weighted by molar-refractivity contribution is 8.00. The van der Waals surface area contributed by atoms with Crippen LogP contribution in [-0.4, -0.2) is 32.7 Å². The first-order valence-corrected chi connectivity index (χ1v) is 11.9. The predicted molar refractivity (Wildman–Crippen MR) is 122 cm³/mol. The number of rotatable bonds is 6. The number of nitrogens with zero attached hydrogens (tertiary/aromatic N) is 1. The van der Waals surface area contributed by atoms with Gasteiger partial charge in [-0.15, -0.1) is 0 Å². The second-order valence-electron chi connectivity index (χ2n) is 7.74. The Morgan fingerprint density at radius 1 is 0.900 bits per heavy atom. The van der Waals surface area contributed by atoms with Crippen molar-refractivity contribution in [2.75, 3.05) is 19.3 Å². The molecule has 4 rings (SSSR count). The van der Waals surface area contributed by atoms with Crippen LogP contribution in [0.4, 0.5) is 0 Å². The van der Waals surface area contributed by atoms with Crippen molar-refractivity contribution < 1.29 is 8.42 Å². The smallest absolute Gasteiger partial charge is 0.176 e. The topological polar surface area (TPSA) is 63.4 Å². The van der Waals surface area contributed by atoms with E-state index in [4.69, 9.17) is 5.73 Å². The van der Waals surface area contributed by atoms with E-state index in [0.29, 0.717) is 24.5 Å². The van der Waals surface area contributed by atoms with Crippen LogP contribution in [0.3, 0.4) is 0 Å². The molecule has 5 heteroatoms. The number of nitrogens with two attached hydrogens (primary N) is 1. The SMILES string of the molecule is CS(=O)(=O)C(=C1CN(C(c2ccccc2)c2ccccc2)C1)c1cccc(CN)c1. The fraction of sp³-hybridized carbons (Fsp3) is 0.200. The maximum atomic E-state index is 12.7. The van der Waals surface area contributed by atoms with Crippen molar-refractivity contribution in [3.05, 3.63) is 113 Å². The molecule has 1 heterocycles. The zero-order valence-corrected chi connectivity index (χ0v) is 17.8. The summed E-state index contributed by atoms with van der Waals surface area (Å²) in [4.78, 5) is 2.76. The first-order valence-electron chi connectivity index (χ1n) is 10.0. The van der Waals surface area contributed by atoms with E-state index >= 15 is 0 Å². The van der Waals surface area contributed by atoms with Gasteiger partial charge in [-0.1, -0.05) is 78.9 Å². The normalized spacial score (nSPS) is 14.6. The van der Waals surface area contributed by atoms with E-state index in [-0.39, 0.29) is 6.04 Å². The molecular formula is C25H26N2O2S. The summed E-state index contributed by atoms with van der Waals surface area (Å²) in [7, 11) is -3.37.